The summed E-state index contributed by atoms with van der Waals surface area (Å²) < 4.78 is 0. The number of likely N-dealkylation sites (tertiary alicyclic amines) is 1. The second-order valence-electron chi connectivity index (χ2n) is 4.85. The first-order valence-corrected chi connectivity index (χ1v) is 6.14. The van der Waals surface area contributed by atoms with Gasteiger partial charge in [0.2, 0.25) is 0 Å². The molecular formula is C12H26N2. The van der Waals surface area contributed by atoms with E-state index >= 15 is 0 Å². The fraction of sp³-hybridized carbons (Fsp3) is 1.00. The highest BCUT2D eigenvalue weighted by atomic mass is 15.2. The molecule has 3 unspecified atom stereocenters. The van der Waals surface area contributed by atoms with E-state index < -0.39 is 0 Å². The van der Waals surface area contributed by atoms with E-state index in [2.05, 4.69) is 25.7 Å². The summed E-state index contributed by atoms with van der Waals surface area (Å²) in [4.78, 5) is 2.63. The maximum absolute atomic E-state index is 5.98. The van der Waals surface area contributed by atoms with Gasteiger partial charge in [-0.2, -0.15) is 0 Å². The first-order chi connectivity index (χ1) is 6.65. The number of rotatable bonds is 3. The zero-order chi connectivity index (χ0) is 10.6. The van der Waals surface area contributed by atoms with E-state index in [1.165, 1.54) is 38.8 Å². The summed E-state index contributed by atoms with van der Waals surface area (Å²) in [6.07, 6.45) is 4.95. The van der Waals surface area contributed by atoms with Crippen molar-refractivity contribution >= 4 is 0 Å². The van der Waals surface area contributed by atoms with Gasteiger partial charge in [-0.25, -0.2) is 0 Å². The number of hydrogen-bond acceptors (Lipinski definition) is 2. The molecule has 1 aliphatic rings. The zero-order valence-corrected chi connectivity index (χ0v) is 10.00. The normalized spacial score (nSPS) is 29.6. The average molecular weight is 198 g/mol. The fourth-order valence-electron chi connectivity index (χ4n) is 2.25. The topological polar surface area (TPSA) is 29.3 Å². The Hall–Kier alpha value is -0.0800. The molecule has 0 aliphatic carbocycles. The van der Waals surface area contributed by atoms with Crippen molar-refractivity contribution in [2.24, 2.45) is 11.7 Å². The molecule has 0 aromatic rings. The molecule has 14 heavy (non-hydrogen) atoms. The van der Waals surface area contributed by atoms with E-state index in [4.69, 9.17) is 5.73 Å². The highest BCUT2D eigenvalue weighted by Gasteiger charge is 2.21. The highest BCUT2D eigenvalue weighted by molar-refractivity contribution is 4.77. The van der Waals surface area contributed by atoms with E-state index in [0.717, 1.165) is 12.0 Å². The Morgan fingerprint density at radius 3 is 2.64 bits per heavy atom. The van der Waals surface area contributed by atoms with Gasteiger partial charge in [0.1, 0.15) is 0 Å². The molecule has 0 saturated carbocycles. The Kier molecular flexibility index (Phi) is 4.90. The molecule has 84 valence electrons. The lowest BCUT2D eigenvalue weighted by Gasteiger charge is -2.31. The summed E-state index contributed by atoms with van der Waals surface area (Å²) in [6, 6.07) is 1.18. The maximum atomic E-state index is 5.98. The van der Waals surface area contributed by atoms with Crippen LogP contribution in [0.25, 0.3) is 0 Å². The summed E-state index contributed by atoms with van der Waals surface area (Å²) >= 11 is 0. The van der Waals surface area contributed by atoms with Crippen molar-refractivity contribution in [3.63, 3.8) is 0 Å². The van der Waals surface area contributed by atoms with Crippen molar-refractivity contribution in [3.8, 4) is 0 Å². The maximum Gasteiger partial charge on any atom is 0.00924 e. The van der Waals surface area contributed by atoms with Crippen LogP contribution in [0.3, 0.4) is 0 Å². The average Bonchev–Trinajstić information content (AvgIpc) is 2.40. The van der Waals surface area contributed by atoms with Crippen LogP contribution in [0.5, 0.6) is 0 Å². The fourth-order valence-corrected chi connectivity index (χ4v) is 2.25. The molecule has 0 aromatic heterocycles. The predicted molar refractivity (Wildman–Crippen MR) is 62.3 cm³/mol. The van der Waals surface area contributed by atoms with Gasteiger partial charge in [-0.15, -0.1) is 0 Å². The lowest BCUT2D eigenvalue weighted by molar-refractivity contribution is 0.164. The van der Waals surface area contributed by atoms with Gasteiger partial charge in [0.05, 0.1) is 0 Å². The minimum Gasteiger partial charge on any atom is -0.328 e. The largest absolute Gasteiger partial charge is 0.328 e. The molecule has 2 N–H and O–H groups in total. The van der Waals surface area contributed by atoms with E-state index in [-0.39, 0.29) is 0 Å². The Morgan fingerprint density at radius 2 is 2.00 bits per heavy atom. The second kappa shape index (κ2) is 5.72. The van der Waals surface area contributed by atoms with Gasteiger partial charge in [-0.3, -0.25) is 0 Å². The summed E-state index contributed by atoms with van der Waals surface area (Å²) in [5.74, 6) is 0.810. The summed E-state index contributed by atoms with van der Waals surface area (Å²) in [6.45, 7) is 9.46. The third-order valence-corrected chi connectivity index (χ3v) is 3.85. The van der Waals surface area contributed by atoms with Crippen molar-refractivity contribution in [2.45, 2.75) is 58.5 Å². The van der Waals surface area contributed by atoms with Gasteiger partial charge in [-0.05, 0) is 45.2 Å². The highest BCUT2D eigenvalue weighted by Crippen LogP contribution is 2.18. The van der Waals surface area contributed by atoms with Crippen molar-refractivity contribution in [1.82, 2.24) is 4.90 Å². The molecule has 1 heterocycles. The van der Waals surface area contributed by atoms with E-state index in [0.29, 0.717) is 6.04 Å². The van der Waals surface area contributed by atoms with E-state index in [9.17, 15) is 0 Å². The van der Waals surface area contributed by atoms with E-state index in [1.807, 2.05) is 0 Å². The molecule has 1 rings (SSSR count). The summed E-state index contributed by atoms with van der Waals surface area (Å²) in [5.41, 5.74) is 5.98. The molecule has 2 heteroatoms. The predicted octanol–water partition coefficient (Wildman–Crippen LogP) is 2.23. The van der Waals surface area contributed by atoms with Crippen LogP contribution in [0.4, 0.5) is 0 Å². The number of nitrogens with two attached hydrogens (primary N) is 1. The molecule has 0 bridgehead atoms. The van der Waals surface area contributed by atoms with Crippen LogP contribution >= 0.6 is 0 Å². The zero-order valence-electron chi connectivity index (χ0n) is 10.00. The van der Waals surface area contributed by atoms with Crippen molar-refractivity contribution < 1.29 is 0 Å². The number of nitrogens with zero attached hydrogens (tertiary/aromatic N) is 1. The minimum absolute atomic E-state index is 0.448. The van der Waals surface area contributed by atoms with Crippen molar-refractivity contribution in [2.75, 3.05) is 13.1 Å². The molecule has 0 spiro atoms. The SMILES string of the molecule is CCC(C)C(C)N1CCCC(N)CC1. The standard InChI is InChI=1S/C12H26N2/c1-4-10(2)11(3)14-8-5-6-12(13)7-9-14/h10-12H,4-9,13H2,1-3H3. The van der Waals surface area contributed by atoms with Gasteiger partial charge in [0.25, 0.3) is 0 Å². The third-order valence-electron chi connectivity index (χ3n) is 3.85. The molecule has 1 saturated heterocycles. The van der Waals surface area contributed by atoms with Crippen LogP contribution in [0.15, 0.2) is 0 Å². The Bertz CT molecular complexity index is 158. The van der Waals surface area contributed by atoms with Gasteiger partial charge < -0.3 is 10.6 Å². The Labute approximate surface area is 88.8 Å². The molecule has 1 aliphatic heterocycles. The molecule has 3 atom stereocenters. The number of hydrogen-bond donors (Lipinski definition) is 1. The van der Waals surface area contributed by atoms with Crippen LogP contribution in [0.1, 0.15) is 46.5 Å². The van der Waals surface area contributed by atoms with Crippen LogP contribution in [0, 0.1) is 5.92 Å². The van der Waals surface area contributed by atoms with Gasteiger partial charge in [-0.1, -0.05) is 20.3 Å². The third kappa shape index (κ3) is 3.25. The van der Waals surface area contributed by atoms with Gasteiger partial charge in [0, 0.05) is 12.1 Å². The molecule has 0 aromatic carbocycles. The van der Waals surface area contributed by atoms with Crippen LogP contribution in [-0.2, 0) is 0 Å². The summed E-state index contributed by atoms with van der Waals surface area (Å²) in [5, 5.41) is 0. The Balaban J connectivity index is 2.42. The molecule has 0 amide bonds. The molecule has 1 fully saturated rings. The van der Waals surface area contributed by atoms with Gasteiger partial charge in [0.15, 0.2) is 0 Å². The van der Waals surface area contributed by atoms with Crippen LogP contribution in [-0.4, -0.2) is 30.1 Å². The van der Waals surface area contributed by atoms with Crippen molar-refractivity contribution in [3.05, 3.63) is 0 Å². The lowest BCUT2D eigenvalue weighted by atomic mass is 9.99. The minimum atomic E-state index is 0.448. The van der Waals surface area contributed by atoms with Crippen LogP contribution < -0.4 is 5.73 Å². The van der Waals surface area contributed by atoms with Gasteiger partial charge >= 0.3 is 0 Å². The molecule has 0 radical (unpaired) electrons. The van der Waals surface area contributed by atoms with Crippen molar-refractivity contribution in [1.29, 1.82) is 0 Å². The summed E-state index contributed by atoms with van der Waals surface area (Å²) in [7, 11) is 0. The molecular weight excluding hydrogens is 172 g/mol. The monoisotopic (exact) mass is 198 g/mol. The quantitative estimate of drug-likeness (QED) is 0.753. The second-order valence-corrected chi connectivity index (χ2v) is 4.85. The van der Waals surface area contributed by atoms with E-state index in [1.54, 1.807) is 0 Å². The first kappa shape index (κ1) is 12.0. The molecule has 2 nitrogen and oxygen atoms in total. The lowest BCUT2D eigenvalue weighted by Crippen LogP contribution is -2.38. The Morgan fingerprint density at radius 1 is 1.29 bits per heavy atom. The first-order valence-electron chi connectivity index (χ1n) is 6.14. The smallest absolute Gasteiger partial charge is 0.00924 e. The van der Waals surface area contributed by atoms with Crippen LogP contribution in [0.2, 0.25) is 0 Å².